The number of carbonyl (C=O) groups excluding carboxylic acids is 1. The zero-order valence-electron chi connectivity index (χ0n) is 21.3. The minimum absolute atomic E-state index is 0.142. The van der Waals surface area contributed by atoms with Gasteiger partial charge in [-0.2, -0.15) is 0 Å². The highest BCUT2D eigenvalue weighted by Gasteiger charge is 2.35. The minimum Gasteiger partial charge on any atom is -0.496 e. The highest BCUT2D eigenvalue weighted by molar-refractivity contribution is 7.07. The molecule has 0 saturated carbocycles. The number of thiazole rings is 1. The van der Waals surface area contributed by atoms with E-state index in [4.69, 9.17) is 13.9 Å². The number of esters is 1. The second-order valence-corrected chi connectivity index (χ2v) is 9.64. The Morgan fingerprint density at radius 1 is 1.15 bits per heavy atom. The summed E-state index contributed by atoms with van der Waals surface area (Å²) < 4.78 is 18.7. The van der Waals surface area contributed by atoms with Crippen LogP contribution in [0, 0.1) is 0 Å². The zero-order valence-corrected chi connectivity index (χ0v) is 22.2. The maximum Gasteiger partial charge on any atom is 0.338 e. The van der Waals surface area contributed by atoms with Crippen molar-refractivity contribution < 1.29 is 28.6 Å². The fourth-order valence-corrected chi connectivity index (χ4v) is 5.53. The van der Waals surface area contributed by atoms with E-state index in [2.05, 4.69) is 4.99 Å². The van der Waals surface area contributed by atoms with Gasteiger partial charge in [0.05, 0.1) is 35.1 Å². The van der Waals surface area contributed by atoms with Crippen LogP contribution < -0.4 is 19.6 Å². The molecule has 1 aliphatic rings. The molecule has 2 aromatic carbocycles. The summed E-state index contributed by atoms with van der Waals surface area (Å²) in [6.45, 7) is 3.61. The van der Waals surface area contributed by atoms with Crippen LogP contribution in [0.2, 0.25) is 0 Å². The summed E-state index contributed by atoms with van der Waals surface area (Å²) in [5, 5.41) is 9.28. The van der Waals surface area contributed by atoms with Gasteiger partial charge >= 0.3 is 11.9 Å². The number of para-hydroxylation sites is 1. The third-order valence-corrected chi connectivity index (χ3v) is 7.23. The number of rotatable bonds is 7. The van der Waals surface area contributed by atoms with Crippen molar-refractivity contribution in [1.82, 2.24) is 4.57 Å². The van der Waals surface area contributed by atoms with Crippen molar-refractivity contribution in [3.05, 3.63) is 109 Å². The van der Waals surface area contributed by atoms with E-state index in [1.165, 1.54) is 35.1 Å². The zero-order chi connectivity index (χ0) is 27.7. The lowest BCUT2D eigenvalue weighted by molar-refractivity contribution is -0.139. The number of carboxylic acids is 1. The van der Waals surface area contributed by atoms with Crippen molar-refractivity contribution in [1.29, 1.82) is 0 Å². The maximum absolute atomic E-state index is 13.8. The molecule has 0 spiro atoms. The highest BCUT2D eigenvalue weighted by Crippen LogP contribution is 2.35. The van der Waals surface area contributed by atoms with Crippen molar-refractivity contribution in [2.45, 2.75) is 19.9 Å². The summed E-state index contributed by atoms with van der Waals surface area (Å²) >= 11 is 1.17. The van der Waals surface area contributed by atoms with Crippen molar-refractivity contribution in [3.63, 3.8) is 0 Å². The number of nitrogens with zero attached hydrogens (tertiary/aromatic N) is 2. The van der Waals surface area contributed by atoms with Crippen LogP contribution in [-0.2, 0) is 9.53 Å². The number of hydrogen-bond donors (Lipinski definition) is 1. The third kappa shape index (κ3) is 4.82. The van der Waals surface area contributed by atoms with Crippen molar-refractivity contribution in [3.8, 4) is 17.1 Å². The molecule has 10 heteroatoms. The molecule has 0 saturated heterocycles. The van der Waals surface area contributed by atoms with Crippen molar-refractivity contribution in [2.24, 2.45) is 4.99 Å². The van der Waals surface area contributed by atoms with Gasteiger partial charge in [-0.05, 0) is 44.2 Å². The number of methoxy groups -OCH3 is 1. The van der Waals surface area contributed by atoms with E-state index < -0.39 is 18.0 Å². The average molecular weight is 545 g/mol. The Bertz CT molecular complexity index is 1810. The van der Waals surface area contributed by atoms with E-state index in [0.717, 1.165) is 0 Å². The molecule has 1 unspecified atom stereocenters. The normalized spacial score (nSPS) is 15.1. The number of carbonyl (C=O) groups is 2. The van der Waals surface area contributed by atoms with Crippen LogP contribution in [0.15, 0.2) is 86.1 Å². The average Bonchev–Trinajstić information content (AvgIpc) is 3.52. The summed E-state index contributed by atoms with van der Waals surface area (Å²) in [5.74, 6) is -0.196. The second-order valence-electron chi connectivity index (χ2n) is 8.63. The number of aromatic carboxylic acids is 1. The molecular weight excluding hydrogens is 520 g/mol. The molecule has 1 N–H and O–H groups in total. The fourth-order valence-electron chi connectivity index (χ4n) is 4.50. The topological polar surface area (TPSA) is 120 Å². The van der Waals surface area contributed by atoms with Gasteiger partial charge in [0.15, 0.2) is 4.80 Å². The number of carboxylic acid groups (broad SMARTS) is 1. The van der Waals surface area contributed by atoms with Gasteiger partial charge in [0.25, 0.3) is 5.56 Å². The molecule has 0 amide bonds. The van der Waals surface area contributed by atoms with E-state index in [1.807, 2.05) is 18.2 Å². The van der Waals surface area contributed by atoms with Gasteiger partial charge in [0, 0.05) is 17.2 Å². The monoisotopic (exact) mass is 544 g/mol. The number of hydrogen-bond acceptors (Lipinski definition) is 8. The second kappa shape index (κ2) is 10.6. The van der Waals surface area contributed by atoms with E-state index >= 15 is 0 Å². The Morgan fingerprint density at radius 3 is 2.69 bits per heavy atom. The molecule has 0 fully saturated rings. The van der Waals surface area contributed by atoms with Crippen LogP contribution in [0.1, 0.15) is 41.6 Å². The molecule has 2 aromatic heterocycles. The fraction of sp³-hybridized carbons (Fsp3) is 0.172. The molecule has 4 aromatic rings. The first kappa shape index (κ1) is 25.9. The van der Waals surface area contributed by atoms with Crippen LogP contribution >= 0.6 is 11.3 Å². The minimum atomic E-state index is -1.04. The van der Waals surface area contributed by atoms with Crippen LogP contribution in [-0.4, -0.2) is 35.3 Å². The number of aromatic nitrogens is 1. The van der Waals surface area contributed by atoms with Crippen LogP contribution in [0.25, 0.3) is 17.4 Å². The van der Waals surface area contributed by atoms with Gasteiger partial charge < -0.3 is 19.0 Å². The van der Waals surface area contributed by atoms with Gasteiger partial charge in [0.1, 0.15) is 23.3 Å². The molecule has 0 aliphatic carbocycles. The number of ether oxygens (including phenoxy) is 2. The largest absolute Gasteiger partial charge is 0.496 e. The summed E-state index contributed by atoms with van der Waals surface area (Å²) in [7, 11) is 1.53. The highest BCUT2D eigenvalue weighted by atomic mass is 32.1. The molecule has 0 radical (unpaired) electrons. The quantitative estimate of drug-likeness (QED) is 0.352. The summed E-state index contributed by atoms with van der Waals surface area (Å²) in [5.41, 5.74) is 1.73. The molecule has 1 aliphatic heterocycles. The summed E-state index contributed by atoms with van der Waals surface area (Å²) in [6.07, 6.45) is 1.61. The van der Waals surface area contributed by atoms with Gasteiger partial charge in [-0.25, -0.2) is 14.6 Å². The smallest absolute Gasteiger partial charge is 0.338 e. The number of fused-ring (bicyclic) bond motifs is 1. The lowest BCUT2D eigenvalue weighted by Gasteiger charge is -2.25. The molecule has 198 valence electrons. The molecule has 39 heavy (non-hydrogen) atoms. The number of benzene rings is 2. The Labute approximate surface area is 226 Å². The third-order valence-electron chi connectivity index (χ3n) is 6.24. The Kier molecular flexibility index (Phi) is 7.03. The predicted molar refractivity (Wildman–Crippen MR) is 144 cm³/mol. The van der Waals surface area contributed by atoms with E-state index in [1.54, 1.807) is 50.3 Å². The first-order valence-electron chi connectivity index (χ1n) is 12.1. The Morgan fingerprint density at radius 2 is 1.95 bits per heavy atom. The van der Waals surface area contributed by atoms with Gasteiger partial charge in [-0.15, -0.1) is 0 Å². The van der Waals surface area contributed by atoms with Crippen molar-refractivity contribution >= 4 is 29.4 Å². The number of allylic oxidation sites excluding steroid dienone is 1. The first-order chi connectivity index (χ1) is 18.8. The predicted octanol–water partition coefficient (Wildman–Crippen LogP) is 3.77. The van der Waals surface area contributed by atoms with Crippen LogP contribution in [0.3, 0.4) is 0 Å². The van der Waals surface area contributed by atoms with Gasteiger partial charge in [-0.3, -0.25) is 9.36 Å². The molecular formula is C29H24N2O7S. The molecule has 0 bridgehead atoms. The molecule has 3 heterocycles. The lowest BCUT2D eigenvalue weighted by atomic mass is 9.95. The maximum atomic E-state index is 13.8. The van der Waals surface area contributed by atoms with Crippen molar-refractivity contribution in [2.75, 3.05) is 13.7 Å². The van der Waals surface area contributed by atoms with E-state index in [9.17, 15) is 19.5 Å². The number of furan rings is 1. The summed E-state index contributed by atoms with van der Waals surface area (Å²) in [4.78, 5) is 43.2. The van der Waals surface area contributed by atoms with E-state index in [-0.39, 0.29) is 23.3 Å². The Balaban J connectivity index is 1.64. The van der Waals surface area contributed by atoms with Crippen LogP contribution in [0.4, 0.5) is 0 Å². The molecule has 1 atom stereocenters. The van der Waals surface area contributed by atoms with E-state index in [0.29, 0.717) is 43.4 Å². The molecule has 9 nitrogen and oxygen atoms in total. The molecule has 5 rings (SSSR count). The van der Waals surface area contributed by atoms with Crippen LogP contribution in [0.5, 0.6) is 5.75 Å². The first-order valence-corrected chi connectivity index (χ1v) is 12.9. The van der Waals surface area contributed by atoms with Gasteiger partial charge in [0.2, 0.25) is 0 Å². The standard InChI is InChI=1S/C29H24N2O7S/c1-4-37-28(35)24-16(2)30-29-31(25(24)20-10-5-6-11-22(20)36-3)26(32)23(39-29)15-19-12-13-21(38-19)17-8-7-9-18(14-17)27(33)34/h5-15,25H,4H2,1-3H3,(H,33,34)/b23-15-. The summed E-state index contributed by atoms with van der Waals surface area (Å²) in [6, 6.07) is 16.2. The Hall–Kier alpha value is -4.70. The SMILES string of the molecule is CCOC(=O)C1=C(C)N=c2s/c(=C\c3ccc(-c4cccc(C(=O)O)c4)o3)c(=O)n2C1c1ccccc1OC. The van der Waals surface area contributed by atoms with Gasteiger partial charge in [-0.1, -0.05) is 41.7 Å². The lowest BCUT2D eigenvalue weighted by Crippen LogP contribution is -2.40.